The third-order valence-corrected chi connectivity index (χ3v) is 3.64. The first kappa shape index (κ1) is 15.5. The van der Waals surface area contributed by atoms with Crippen LogP contribution in [0.4, 0.5) is 5.69 Å². The Morgan fingerprint density at radius 2 is 1.83 bits per heavy atom. The molecule has 0 aliphatic carbocycles. The Balaban J connectivity index is 1.88. The van der Waals surface area contributed by atoms with E-state index in [1.54, 1.807) is 36.4 Å². The highest BCUT2D eigenvalue weighted by molar-refractivity contribution is 6.35. The van der Waals surface area contributed by atoms with Crippen LogP contribution in [-0.4, -0.2) is 15.5 Å². The third-order valence-electron chi connectivity index (χ3n) is 3.20. The molecule has 0 spiro atoms. The van der Waals surface area contributed by atoms with Crippen LogP contribution in [0.3, 0.4) is 0 Å². The van der Waals surface area contributed by atoms with Gasteiger partial charge in [-0.2, -0.15) is 0 Å². The van der Waals surface area contributed by atoms with Crippen molar-refractivity contribution < 1.29 is 4.79 Å². The van der Waals surface area contributed by atoms with Gasteiger partial charge in [0.2, 0.25) is 5.91 Å². The number of benzene rings is 2. The number of amides is 1. The lowest BCUT2D eigenvalue weighted by Crippen LogP contribution is -2.27. The second kappa shape index (κ2) is 6.40. The molecule has 1 aromatic heterocycles. The lowest BCUT2D eigenvalue weighted by molar-refractivity contribution is -0.116. The molecule has 3 rings (SSSR count). The minimum atomic E-state index is -0.359. The molecular formula is C16H11Cl2N3O2. The molecule has 0 fully saturated rings. The van der Waals surface area contributed by atoms with E-state index < -0.39 is 0 Å². The molecule has 0 unspecified atom stereocenters. The summed E-state index contributed by atoms with van der Waals surface area (Å²) in [7, 11) is 0. The maximum absolute atomic E-state index is 12.2. The van der Waals surface area contributed by atoms with Gasteiger partial charge < -0.3 is 5.32 Å². The first-order valence-corrected chi connectivity index (χ1v) is 7.49. The van der Waals surface area contributed by atoms with Gasteiger partial charge in [-0.15, -0.1) is 0 Å². The summed E-state index contributed by atoms with van der Waals surface area (Å²) in [6.45, 7) is -0.133. The highest BCUT2D eigenvalue weighted by atomic mass is 35.5. The van der Waals surface area contributed by atoms with Crippen molar-refractivity contribution in [3.63, 3.8) is 0 Å². The van der Waals surface area contributed by atoms with Crippen LogP contribution < -0.4 is 10.9 Å². The molecular weight excluding hydrogens is 337 g/mol. The molecule has 3 aromatic rings. The van der Waals surface area contributed by atoms with Gasteiger partial charge in [-0.25, -0.2) is 4.98 Å². The smallest absolute Gasteiger partial charge is 0.269 e. The van der Waals surface area contributed by atoms with Crippen molar-refractivity contribution >= 4 is 45.8 Å². The Morgan fingerprint density at radius 1 is 1.13 bits per heavy atom. The van der Waals surface area contributed by atoms with Crippen molar-refractivity contribution in [3.8, 4) is 0 Å². The predicted molar refractivity (Wildman–Crippen MR) is 91.1 cm³/mol. The van der Waals surface area contributed by atoms with E-state index in [1.807, 2.05) is 6.07 Å². The van der Waals surface area contributed by atoms with E-state index in [4.69, 9.17) is 23.2 Å². The van der Waals surface area contributed by atoms with Crippen LogP contribution in [0.2, 0.25) is 10.0 Å². The average molecular weight is 348 g/mol. The first-order chi connectivity index (χ1) is 11.0. The zero-order valence-corrected chi connectivity index (χ0v) is 13.3. The van der Waals surface area contributed by atoms with E-state index in [2.05, 4.69) is 10.3 Å². The Kier molecular flexibility index (Phi) is 4.32. The molecule has 23 heavy (non-hydrogen) atoms. The van der Waals surface area contributed by atoms with Gasteiger partial charge in [0.15, 0.2) is 0 Å². The van der Waals surface area contributed by atoms with Crippen molar-refractivity contribution in [3.05, 3.63) is 69.1 Å². The Bertz CT molecular complexity index is 933. The molecule has 0 aliphatic rings. The molecule has 1 amide bonds. The summed E-state index contributed by atoms with van der Waals surface area (Å²) >= 11 is 11.8. The quantitative estimate of drug-likeness (QED) is 0.790. The number of para-hydroxylation sites is 2. The lowest BCUT2D eigenvalue weighted by Gasteiger charge is -2.10. The minimum Gasteiger partial charge on any atom is -0.324 e. The molecule has 0 atom stereocenters. The largest absolute Gasteiger partial charge is 0.324 e. The summed E-state index contributed by atoms with van der Waals surface area (Å²) < 4.78 is 1.36. The molecule has 2 aromatic carbocycles. The predicted octanol–water partition coefficient (Wildman–Crippen LogP) is 3.34. The number of anilines is 1. The number of nitrogens with zero attached hydrogens (tertiary/aromatic N) is 2. The van der Waals surface area contributed by atoms with Crippen LogP contribution in [0.15, 0.2) is 53.5 Å². The van der Waals surface area contributed by atoms with Crippen molar-refractivity contribution in [2.75, 3.05) is 5.32 Å². The summed E-state index contributed by atoms with van der Waals surface area (Å²) in [5.74, 6) is -0.359. The number of carbonyl (C=O) groups excluding carboxylic acids is 1. The second-order valence-corrected chi connectivity index (χ2v) is 5.75. The summed E-state index contributed by atoms with van der Waals surface area (Å²) in [4.78, 5) is 28.3. The highest BCUT2D eigenvalue weighted by Gasteiger charge is 2.09. The Morgan fingerprint density at radius 3 is 2.57 bits per heavy atom. The van der Waals surface area contributed by atoms with Gasteiger partial charge in [0.25, 0.3) is 5.56 Å². The van der Waals surface area contributed by atoms with Crippen LogP contribution in [0.1, 0.15) is 0 Å². The van der Waals surface area contributed by atoms with Gasteiger partial charge in [-0.05, 0) is 30.3 Å². The molecule has 5 nitrogen and oxygen atoms in total. The summed E-state index contributed by atoms with van der Waals surface area (Å²) in [6.07, 6.45) is 1.20. The number of nitrogens with one attached hydrogen (secondary N) is 1. The van der Waals surface area contributed by atoms with E-state index in [9.17, 15) is 9.59 Å². The van der Waals surface area contributed by atoms with Gasteiger partial charge in [-0.3, -0.25) is 14.2 Å². The number of rotatable bonds is 3. The van der Waals surface area contributed by atoms with Gasteiger partial charge >= 0.3 is 0 Å². The van der Waals surface area contributed by atoms with Gasteiger partial charge in [-0.1, -0.05) is 35.3 Å². The van der Waals surface area contributed by atoms with E-state index in [0.29, 0.717) is 26.8 Å². The van der Waals surface area contributed by atoms with Crippen molar-refractivity contribution in [2.24, 2.45) is 0 Å². The highest BCUT2D eigenvalue weighted by Crippen LogP contribution is 2.22. The monoisotopic (exact) mass is 347 g/mol. The first-order valence-electron chi connectivity index (χ1n) is 6.73. The number of carbonyl (C=O) groups is 1. The number of halogens is 2. The number of hydrogen-bond acceptors (Lipinski definition) is 3. The average Bonchev–Trinajstić information content (AvgIpc) is 2.49. The van der Waals surface area contributed by atoms with Gasteiger partial charge in [0, 0.05) is 15.7 Å². The number of aromatic nitrogens is 2. The normalized spacial score (nSPS) is 10.7. The number of hydrogen-bond donors (Lipinski definition) is 1. The molecule has 0 aliphatic heterocycles. The van der Waals surface area contributed by atoms with Crippen molar-refractivity contribution in [1.29, 1.82) is 0 Å². The maximum atomic E-state index is 12.2. The topological polar surface area (TPSA) is 64.0 Å². The summed E-state index contributed by atoms with van der Waals surface area (Å²) in [5.41, 5.74) is 1.37. The molecule has 1 heterocycles. The molecule has 0 saturated carbocycles. The van der Waals surface area contributed by atoms with E-state index in [1.165, 1.54) is 10.8 Å². The van der Waals surface area contributed by atoms with Crippen molar-refractivity contribution in [1.82, 2.24) is 9.55 Å². The third kappa shape index (κ3) is 3.52. The minimum absolute atomic E-state index is 0.133. The van der Waals surface area contributed by atoms with E-state index >= 15 is 0 Å². The fourth-order valence-corrected chi connectivity index (χ4v) is 2.77. The van der Waals surface area contributed by atoms with E-state index in [0.717, 1.165) is 0 Å². The number of fused-ring (bicyclic) bond motifs is 1. The maximum Gasteiger partial charge on any atom is 0.269 e. The second-order valence-electron chi connectivity index (χ2n) is 4.88. The molecule has 7 heteroatoms. The standard InChI is InChI=1S/C16H11Cl2N3O2/c17-10-5-11(18)7-12(6-10)20-15(22)9-21-14-4-2-1-3-13(14)19-8-16(21)23/h1-8H,9H2,(H,20,22). The van der Waals surface area contributed by atoms with Gasteiger partial charge in [0.1, 0.15) is 6.54 Å². The Hall–Kier alpha value is -2.37. The van der Waals surface area contributed by atoms with Crippen LogP contribution in [0.25, 0.3) is 11.0 Å². The summed E-state index contributed by atoms with van der Waals surface area (Å²) in [6, 6.07) is 11.9. The fourth-order valence-electron chi connectivity index (χ4n) is 2.25. The van der Waals surface area contributed by atoms with Crippen LogP contribution >= 0.6 is 23.2 Å². The molecule has 0 radical (unpaired) electrons. The summed E-state index contributed by atoms with van der Waals surface area (Å²) in [5, 5.41) is 3.51. The van der Waals surface area contributed by atoms with E-state index in [-0.39, 0.29) is 18.0 Å². The van der Waals surface area contributed by atoms with Crippen LogP contribution in [-0.2, 0) is 11.3 Å². The molecule has 1 N–H and O–H groups in total. The lowest BCUT2D eigenvalue weighted by atomic mass is 10.3. The Labute approximate surface area is 141 Å². The van der Waals surface area contributed by atoms with Crippen LogP contribution in [0, 0.1) is 0 Å². The molecule has 0 saturated heterocycles. The fraction of sp³-hybridized carbons (Fsp3) is 0.0625. The van der Waals surface area contributed by atoms with Crippen molar-refractivity contribution in [2.45, 2.75) is 6.54 Å². The molecule has 0 bridgehead atoms. The zero-order chi connectivity index (χ0) is 16.4. The SMILES string of the molecule is O=C(Cn1c(=O)cnc2ccccc21)Nc1cc(Cl)cc(Cl)c1. The molecule has 116 valence electrons. The van der Waals surface area contributed by atoms with Gasteiger partial charge in [0.05, 0.1) is 17.2 Å². The van der Waals surface area contributed by atoms with Crippen LogP contribution in [0.5, 0.6) is 0 Å². The zero-order valence-electron chi connectivity index (χ0n) is 11.8.